The van der Waals surface area contributed by atoms with Gasteiger partial charge in [0.1, 0.15) is 11.6 Å². The molecule has 0 saturated heterocycles. The van der Waals surface area contributed by atoms with E-state index in [0.29, 0.717) is 18.5 Å². The third-order valence-electron chi connectivity index (χ3n) is 3.16. The quantitative estimate of drug-likeness (QED) is 0.837. The van der Waals surface area contributed by atoms with Crippen molar-refractivity contribution >= 4 is 15.9 Å². The van der Waals surface area contributed by atoms with Gasteiger partial charge in [0.25, 0.3) is 0 Å². The van der Waals surface area contributed by atoms with E-state index >= 15 is 0 Å². The van der Waals surface area contributed by atoms with Gasteiger partial charge in [-0.1, -0.05) is 41.1 Å². The van der Waals surface area contributed by atoms with Crippen LogP contribution in [0.3, 0.4) is 0 Å². The Morgan fingerprint density at radius 2 is 1.90 bits per heavy atom. The number of hydrogen-bond acceptors (Lipinski definition) is 1. The molecule has 4 heteroatoms. The molecular weight excluding hydrogens is 324 g/mol. The van der Waals surface area contributed by atoms with E-state index in [1.807, 2.05) is 13.0 Å². The summed E-state index contributed by atoms with van der Waals surface area (Å²) in [6.07, 6.45) is 0.521. The van der Waals surface area contributed by atoms with Gasteiger partial charge < -0.3 is 5.32 Å². The second-order valence-corrected chi connectivity index (χ2v) is 5.43. The fourth-order valence-electron chi connectivity index (χ4n) is 2.22. The molecule has 2 aromatic carbocycles. The number of rotatable bonds is 5. The Labute approximate surface area is 126 Å². The number of hydrogen-bond donors (Lipinski definition) is 1. The topological polar surface area (TPSA) is 12.0 Å². The molecule has 0 heterocycles. The molecule has 1 unspecified atom stereocenters. The van der Waals surface area contributed by atoms with E-state index in [0.717, 1.165) is 10.0 Å². The Bertz CT molecular complexity index is 586. The molecule has 1 nitrogen and oxygen atoms in total. The lowest BCUT2D eigenvalue weighted by molar-refractivity contribution is 0.508. The average molecular weight is 340 g/mol. The van der Waals surface area contributed by atoms with Crippen molar-refractivity contribution in [2.24, 2.45) is 0 Å². The molecule has 0 amide bonds. The van der Waals surface area contributed by atoms with Gasteiger partial charge in [0, 0.05) is 16.1 Å². The van der Waals surface area contributed by atoms with Gasteiger partial charge in [-0.25, -0.2) is 8.78 Å². The fraction of sp³-hybridized carbons (Fsp3) is 0.250. The highest BCUT2D eigenvalue weighted by molar-refractivity contribution is 9.10. The van der Waals surface area contributed by atoms with E-state index in [4.69, 9.17) is 0 Å². The minimum absolute atomic E-state index is 0.181. The van der Waals surface area contributed by atoms with Crippen molar-refractivity contribution in [1.82, 2.24) is 5.32 Å². The predicted octanol–water partition coefficient (Wildman–Crippen LogP) is 4.62. The van der Waals surface area contributed by atoms with Crippen LogP contribution >= 0.6 is 15.9 Å². The molecule has 106 valence electrons. The Morgan fingerprint density at radius 1 is 1.15 bits per heavy atom. The zero-order valence-corrected chi connectivity index (χ0v) is 12.8. The highest BCUT2D eigenvalue weighted by Gasteiger charge is 2.16. The van der Waals surface area contributed by atoms with Gasteiger partial charge in [0.15, 0.2) is 0 Å². The Hall–Kier alpha value is -1.26. The van der Waals surface area contributed by atoms with E-state index < -0.39 is 0 Å². The van der Waals surface area contributed by atoms with Crippen molar-refractivity contribution in [1.29, 1.82) is 0 Å². The van der Waals surface area contributed by atoms with E-state index in [1.54, 1.807) is 18.2 Å². The summed E-state index contributed by atoms with van der Waals surface area (Å²) < 4.78 is 28.1. The van der Waals surface area contributed by atoms with Crippen molar-refractivity contribution in [2.75, 3.05) is 6.54 Å². The molecule has 0 bridgehead atoms. The zero-order chi connectivity index (χ0) is 14.5. The Morgan fingerprint density at radius 3 is 2.60 bits per heavy atom. The molecule has 0 spiro atoms. The smallest absolute Gasteiger partial charge is 0.127 e. The molecule has 0 fully saturated rings. The van der Waals surface area contributed by atoms with Gasteiger partial charge in [0.05, 0.1) is 0 Å². The second-order valence-electron chi connectivity index (χ2n) is 4.57. The standard InChI is InChI=1S/C16H16BrF2N/c1-2-20-16(13-5-3-4-6-15(13)19)10-11-9-12(18)7-8-14(11)17/h3-9,16,20H,2,10H2,1H3. The van der Waals surface area contributed by atoms with Gasteiger partial charge in [-0.05, 0) is 42.8 Å². The summed E-state index contributed by atoms with van der Waals surface area (Å²) >= 11 is 3.41. The number of nitrogens with one attached hydrogen (secondary N) is 1. The van der Waals surface area contributed by atoms with Crippen LogP contribution in [0.1, 0.15) is 24.1 Å². The lowest BCUT2D eigenvalue weighted by Crippen LogP contribution is -2.24. The van der Waals surface area contributed by atoms with Crippen LogP contribution in [0.5, 0.6) is 0 Å². The van der Waals surface area contributed by atoms with Gasteiger partial charge in [-0.3, -0.25) is 0 Å². The van der Waals surface area contributed by atoms with Crippen molar-refractivity contribution < 1.29 is 8.78 Å². The average Bonchev–Trinajstić information content (AvgIpc) is 2.43. The highest BCUT2D eigenvalue weighted by Crippen LogP contribution is 2.26. The largest absolute Gasteiger partial charge is 0.310 e. The monoisotopic (exact) mass is 339 g/mol. The van der Waals surface area contributed by atoms with Gasteiger partial charge in [-0.15, -0.1) is 0 Å². The molecular formula is C16H16BrF2N. The van der Waals surface area contributed by atoms with Gasteiger partial charge in [-0.2, -0.15) is 0 Å². The minimum Gasteiger partial charge on any atom is -0.310 e. The normalized spacial score (nSPS) is 12.4. The van der Waals surface area contributed by atoms with Gasteiger partial charge >= 0.3 is 0 Å². The highest BCUT2D eigenvalue weighted by atomic mass is 79.9. The predicted molar refractivity (Wildman–Crippen MR) is 80.6 cm³/mol. The van der Waals surface area contributed by atoms with Crippen LogP contribution < -0.4 is 5.32 Å². The van der Waals surface area contributed by atoms with Crippen LogP contribution in [0, 0.1) is 11.6 Å². The maximum absolute atomic E-state index is 13.9. The molecule has 0 aliphatic rings. The molecule has 0 aliphatic carbocycles. The Balaban J connectivity index is 2.30. The number of likely N-dealkylation sites (N-methyl/N-ethyl adjacent to an activating group) is 1. The molecule has 1 N–H and O–H groups in total. The molecule has 0 saturated carbocycles. The van der Waals surface area contributed by atoms with Crippen molar-refractivity contribution in [3.63, 3.8) is 0 Å². The third kappa shape index (κ3) is 3.64. The van der Waals surface area contributed by atoms with E-state index in [1.165, 1.54) is 18.2 Å². The first-order chi connectivity index (χ1) is 9.61. The van der Waals surface area contributed by atoms with Crippen LogP contribution in [-0.4, -0.2) is 6.54 Å². The lowest BCUT2D eigenvalue weighted by atomic mass is 9.98. The van der Waals surface area contributed by atoms with Crippen LogP contribution in [0.25, 0.3) is 0 Å². The number of benzene rings is 2. The summed E-state index contributed by atoms with van der Waals surface area (Å²) in [4.78, 5) is 0. The first-order valence-corrected chi connectivity index (χ1v) is 7.33. The van der Waals surface area contributed by atoms with E-state index in [9.17, 15) is 8.78 Å². The summed E-state index contributed by atoms with van der Waals surface area (Å²) in [6, 6.07) is 11.1. The molecule has 0 aromatic heterocycles. The van der Waals surface area contributed by atoms with Crippen LogP contribution in [-0.2, 0) is 6.42 Å². The molecule has 2 aromatic rings. The molecule has 0 aliphatic heterocycles. The van der Waals surface area contributed by atoms with Crippen molar-refractivity contribution in [3.8, 4) is 0 Å². The summed E-state index contributed by atoms with van der Waals surface area (Å²) in [5.41, 5.74) is 1.42. The molecule has 20 heavy (non-hydrogen) atoms. The van der Waals surface area contributed by atoms with Crippen molar-refractivity contribution in [2.45, 2.75) is 19.4 Å². The first-order valence-electron chi connectivity index (χ1n) is 6.53. The fourth-order valence-corrected chi connectivity index (χ4v) is 2.62. The van der Waals surface area contributed by atoms with Crippen molar-refractivity contribution in [3.05, 3.63) is 69.7 Å². The summed E-state index contributed by atoms with van der Waals surface area (Å²) in [6.45, 7) is 2.68. The minimum atomic E-state index is -0.285. The maximum atomic E-state index is 13.9. The van der Waals surface area contributed by atoms with Crippen LogP contribution in [0.15, 0.2) is 46.9 Å². The van der Waals surface area contributed by atoms with Crippen LogP contribution in [0.2, 0.25) is 0 Å². The molecule has 1 atom stereocenters. The van der Waals surface area contributed by atoms with E-state index in [-0.39, 0.29) is 17.7 Å². The SMILES string of the molecule is CCNC(Cc1cc(F)ccc1Br)c1ccccc1F. The van der Waals surface area contributed by atoms with Crippen LogP contribution in [0.4, 0.5) is 8.78 Å². The Kier molecular flexibility index (Phi) is 5.26. The third-order valence-corrected chi connectivity index (χ3v) is 3.94. The van der Waals surface area contributed by atoms with Gasteiger partial charge in [0.2, 0.25) is 0 Å². The zero-order valence-electron chi connectivity index (χ0n) is 11.2. The first kappa shape index (κ1) is 15.1. The molecule has 0 radical (unpaired) electrons. The maximum Gasteiger partial charge on any atom is 0.127 e. The summed E-state index contributed by atoms with van der Waals surface area (Å²) in [7, 11) is 0. The lowest BCUT2D eigenvalue weighted by Gasteiger charge is -2.20. The molecule has 2 rings (SSSR count). The summed E-state index contributed by atoms with van der Waals surface area (Å²) in [5, 5.41) is 3.25. The number of halogens is 3. The summed E-state index contributed by atoms with van der Waals surface area (Å²) in [5.74, 6) is -0.530. The second kappa shape index (κ2) is 6.95. The van der Waals surface area contributed by atoms with E-state index in [2.05, 4.69) is 21.2 Å².